The standard InChI is InChI=1S/C31H27ClFN3O5/c1-2-39-29-17-22(8-14-28(29)40-19-21-6-4-3-5-7-21)31(38)36-34-18-23-16-24(32)9-15-27(23)41-20-30(37)35-26-12-10-25(33)11-13-26/h3-18H,2,19-20H2,1H3,(H,35,37)(H,36,38)/b34-18+. The molecule has 4 aromatic rings. The Labute approximate surface area is 241 Å². The van der Waals surface area contributed by atoms with E-state index in [0.29, 0.717) is 52.3 Å². The van der Waals surface area contributed by atoms with Crippen molar-refractivity contribution in [1.29, 1.82) is 0 Å². The number of hydrogen-bond donors (Lipinski definition) is 2. The average molecular weight is 576 g/mol. The average Bonchev–Trinajstić information content (AvgIpc) is 2.98. The number of ether oxygens (including phenoxy) is 3. The summed E-state index contributed by atoms with van der Waals surface area (Å²) in [6.45, 7) is 2.28. The number of nitrogens with one attached hydrogen (secondary N) is 2. The lowest BCUT2D eigenvalue weighted by Gasteiger charge is -2.13. The van der Waals surface area contributed by atoms with Crippen LogP contribution in [0.5, 0.6) is 17.2 Å². The van der Waals surface area contributed by atoms with E-state index in [1.807, 2.05) is 37.3 Å². The molecule has 0 saturated carbocycles. The minimum atomic E-state index is -0.472. The van der Waals surface area contributed by atoms with Crippen molar-refractivity contribution < 1.29 is 28.2 Å². The summed E-state index contributed by atoms with van der Waals surface area (Å²) in [5.74, 6) is -0.0512. The molecule has 0 radical (unpaired) electrons. The first kappa shape index (κ1) is 29.1. The van der Waals surface area contributed by atoms with Crippen LogP contribution < -0.4 is 25.0 Å². The Kier molecular flexibility index (Phi) is 10.3. The molecule has 0 unspecified atom stereocenters. The van der Waals surface area contributed by atoms with Crippen LogP contribution in [0.4, 0.5) is 10.1 Å². The molecular formula is C31H27ClFN3O5. The fourth-order valence-electron chi connectivity index (χ4n) is 3.62. The Hall–Kier alpha value is -4.89. The Bertz CT molecular complexity index is 1510. The molecular weight excluding hydrogens is 549 g/mol. The lowest BCUT2D eigenvalue weighted by atomic mass is 10.2. The lowest BCUT2D eigenvalue weighted by molar-refractivity contribution is -0.118. The van der Waals surface area contributed by atoms with Gasteiger partial charge in [-0.3, -0.25) is 9.59 Å². The van der Waals surface area contributed by atoms with E-state index >= 15 is 0 Å². The monoisotopic (exact) mass is 575 g/mol. The SMILES string of the molecule is CCOc1cc(C(=O)N/N=C/c2cc(Cl)ccc2OCC(=O)Nc2ccc(F)cc2)ccc1OCc1ccccc1. The van der Waals surface area contributed by atoms with Gasteiger partial charge in [0.05, 0.1) is 12.8 Å². The molecule has 41 heavy (non-hydrogen) atoms. The van der Waals surface area contributed by atoms with E-state index in [2.05, 4.69) is 15.8 Å². The highest BCUT2D eigenvalue weighted by Gasteiger charge is 2.12. The van der Waals surface area contributed by atoms with Crippen molar-refractivity contribution in [2.75, 3.05) is 18.5 Å². The number of anilines is 1. The zero-order valence-electron chi connectivity index (χ0n) is 22.1. The van der Waals surface area contributed by atoms with Crippen LogP contribution in [0.25, 0.3) is 0 Å². The van der Waals surface area contributed by atoms with Gasteiger partial charge in [0, 0.05) is 21.8 Å². The summed E-state index contributed by atoms with van der Waals surface area (Å²) in [6.07, 6.45) is 1.36. The van der Waals surface area contributed by atoms with Gasteiger partial charge in [-0.1, -0.05) is 41.9 Å². The molecule has 0 spiro atoms. The Balaban J connectivity index is 1.37. The third-order valence-corrected chi connectivity index (χ3v) is 5.81. The van der Waals surface area contributed by atoms with Gasteiger partial charge >= 0.3 is 0 Å². The summed E-state index contributed by atoms with van der Waals surface area (Å²) in [6, 6.07) is 24.7. The number of amides is 2. The van der Waals surface area contributed by atoms with Gasteiger partial charge in [0.15, 0.2) is 18.1 Å². The second-order valence-corrected chi connectivity index (χ2v) is 9.03. The first-order valence-electron chi connectivity index (χ1n) is 12.7. The topological polar surface area (TPSA) is 98.3 Å². The molecule has 4 aromatic carbocycles. The summed E-state index contributed by atoms with van der Waals surface area (Å²) >= 11 is 6.12. The van der Waals surface area contributed by atoms with E-state index in [0.717, 1.165) is 5.56 Å². The zero-order valence-corrected chi connectivity index (χ0v) is 22.9. The maximum atomic E-state index is 13.1. The second kappa shape index (κ2) is 14.5. The van der Waals surface area contributed by atoms with E-state index in [-0.39, 0.29) is 6.61 Å². The number of hydrogen-bond acceptors (Lipinski definition) is 6. The molecule has 2 N–H and O–H groups in total. The van der Waals surface area contributed by atoms with Gasteiger partial charge in [-0.15, -0.1) is 0 Å². The molecule has 0 bridgehead atoms. The van der Waals surface area contributed by atoms with Crippen LogP contribution in [0, 0.1) is 5.82 Å². The highest BCUT2D eigenvalue weighted by molar-refractivity contribution is 6.30. The molecule has 0 aromatic heterocycles. The number of benzene rings is 4. The molecule has 0 fully saturated rings. The fraction of sp³-hybridized carbons (Fsp3) is 0.129. The molecule has 210 valence electrons. The van der Waals surface area contributed by atoms with Crippen LogP contribution in [-0.2, 0) is 11.4 Å². The second-order valence-electron chi connectivity index (χ2n) is 8.59. The van der Waals surface area contributed by atoms with E-state index in [1.54, 1.807) is 36.4 Å². The molecule has 4 rings (SSSR count). The minimum Gasteiger partial charge on any atom is -0.490 e. The molecule has 0 heterocycles. The van der Waals surface area contributed by atoms with Crippen molar-refractivity contribution in [3.63, 3.8) is 0 Å². The van der Waals surface area contributed by atoms with E-state index in [4.69, 9.17) is 25.8 Å². The Morgan fingerprint density at radius 3 is 2.39 bits per heavy atom. The van der Waals surface area contributed by atoms with Crippen molar-refractivity contribution in [3.05, 3.63) is 119 Å². The highest BCUT2D eigenvalue weighted by atomic mass is 35.5. The number of carbonyl (C=O) groups excluding carboxylic acids is 2. The Morgan fingerprint density at radius 2 is 1.63 bits per heavy atom. The molecule has 0 saturated heterocycles. The molecule has 0 aliphatic carbocycles. The predicted molar refractivity (Wildman–Crippen MR) is 155 cm³/mol. The summed E-state index contributed by atoms with van der Waals surface area (Å²) in [5, 5.41) is 7.05. The molecule has 0 atom stereocenters. The van der Waals surface area contributed by atoms with Crippen LogP contribution in [0.2, 0.25) is 5.02 Å². The van der Waals surface area contributed by atoms with Gasteiger partial charge in [-0.25, -0.2) is 9.82 Å². The number of carbonyl (C=O) groups is 2. The summed E-state index contributed by atoms with van der Waals surface area (Å²) in [4.78, 5) is 25.0. The zero-order chi connectivity index (χ0) is 29.0. The van der Waals surface area contributed by atoms with Gasteiger partial charge < -0.3 is 19.5 Å². The van der Waals surface area contributed by atoms with E-state index in [9.17, 15) is 14.0 Å². The highest BCUT2D eigenvalue weighted by Crippen LogP contribution is 2.29. The van der Waals surface area contributed by atoms with Crippen LogP contribution >= 0.6 is 11.6 Å². The number of halogens is 2. The Morgan fingerprint density at radius 1 is 0.878 bits per heavy atom. The molecule has 2 amide bonds. The summed E-state index contributed by atoms with van der Waals surface area (Å²) < 4.78 is 30.3. The van der Waals surface area contributed by atoms with Crippen molar-refractivity contribution in [2.24, 2.45) is 5.10 Å². The quantitative estimate of drug-likeness (QED) is 0.154. The van der Waals surface area contributed by atoms with Gasteiger partial charge in [-0.05, 0) is 73.2 Å². The van der Waals surface area contributed by atoms with Crippen LogP contribution in [0.3, 0.4) is 0 Å². The smallest absolute Gasteiger partial charge is 0.271 e. The maximum absolute atomic E-state index is 13.1. The van der Waals surface area contributed by atoms with Gasteiger partial charge in [0.2, 0.25) is 0 Å². The normalized spacial score (nSPS) is 10.7. The van der Waals surface area contributed by atoms with Crippen molar-refractivity contribution in [3.8, 4) is 17.2 Å². The number of nitrogens with zero attached hydrogens (tertiary/aromatic N) is 1. The molecule has 10 heteroatoms. The molecule has 8 nitrogen and oxygen atoms in total. The molecule has 0 aliphatic rings. The fourth-order valence-corrected chi connectivity index (χ4v) is 3.80. The third-order valence-electron chi connectivity index (χ3n) is 5.57. The maximum Gasteiger partial charge on any atom is 0.271 e. The third kappa shape index (κ3) is 8.81. The first-order chi connectivity index (χ1) is 19.9. The lowest BCUT2D eigenvalue weighted by Crippen LogP contribution is -2.20. The largest absolute Gasteiger partial charge is 0.490 e. The van der Waals surface area contributed by atoms with E-state index < -0.39 is 17.6 Å². The van der Waals surface area contributed by atoms with Crippen LogP contribution in [0.1, 0.15) is 28.4 Å². The minimum absolute atomic E-state index is 0.314. The van der Waals surface area contributed by atoms with Crippen molar-refractivity contribution in [1.82, 2.24) is 5.43 Å². The van der Waals surface area contributed by atoms with E-state index in [1.165, 1.54) is 30.5 Å². The molecule has 0 aliphatic heterocycles. The first-order valence-corrected chi connectivity index (χ1v) is 13.0. The van der Waals surface area contributed by atoms with Gasteiger partial charge in [0.1, 0.15) is 18.2 Å². The summed E-state index contributed by atoms with van der Waals surface area (Å²) in [5.41, 5.74) is 4.66. The van der Waals surface area contributed by atoms with Crippen LogP contribution in [0.15, 0.2) is 96.1 Å². The van der Waals surface area contributed by atoms with Crippen LogP contribution in [-0.4, -0.2) is 31.2 Å². The predicted octanol–water partition coefficient (Wildman–Crippen LogP) is 6.24. The van der Waals surface area contributed by atoms with Crippen molar-refractivity contribution >= 4 is 35.3 Å². The van der Waals surface area contributed by atoms with Gasteiger partial charge in [-0.2, -0.15) is 5.10 Å². The van der Waals surface area contributed by atoms with Crippen molar-refractivity contribution in [2.45, 2.75) is 13.5 Å². The number of rotatable bonds is 12. The van der Waals surface area contributed by atoms with Gasteiger partial charge in [0.25, 0.3) is 11.8 Å². The summed E-state index contributed by atoms with van der Waals surface area (Å²) in [7, 11) is 0. The number of hydrazone groups is 1.